The SMILES string of the molecule is Fc1[c]c(F)c(F)c(C(F)(F)C(F)(F)F)c1F. The fourth-order valence-corrected chi connectivity index (χ4v) is 0.939. The van der Waals surface area contributed by atoms with E-state index in [0.29, 0.717) is 6.07 Å². The van der Waals surface area contributed by atoms with Crippen molar-refractivity contribution in [3.05, 3.63) is 34.9 Å². The molecule has 95 valence electrons. The first-order chi connectivity index (χ1) is 7.50. The van der Waals surface area contributed by atoms with E-state index in [0.717, 1.165) is 0 Å². The van der Waals surface area contributed by atoms with Gasteiger partial charge in [0.05, 0.1) is 6.07 Å². The molecule has 0 heterocycles. The maximum Gasteiger partial charge on any atom is 0.458 e. The van der Waals surface area contributed by atoms with Crippen LogP contribution < -0.4 is 0 Å². The van der Waals surface area contributed by atoms with Crippen molar-refractivity contribution >= 4 is 0 Å². The van der Waals surface area contributed by atoms with Crippen molar-refractivity contribution in [2.24, 2.45) is 0 Å². The zero-order valence-electron chi connectivity index (χ0n) is 7.40. The van der Waals surface area contributed by atoms with Gasteiger partial charge in [0.25, 0.3) is 0 Å². The van der Waals surface area contributed by atoms with E-state index >= 15 is 0 Å². The number of alkyl halides is 5. The Morgan fingerprint density at radius 3 is 1.35 bits per heavy atom. The molecule has 1 aromatic carbocycles. The van der Waals surface area contributed by atoms with Gasteiger partial charge in [0.15, 0.2) is 23.3 Å². The van der Waals surface area contributed by atoms with Crippen molar-refractivity contribution in [2.45, 2.75) is 12.1 Å². The molecule has 1 aromatic rings. The zero-order valence-corrected chi connectivity index (χ0v) is 7.40. The van der Waals surface area contributed by atoms with E-state index in [1.165, 1.54) is 0 Å². The number of hydrogen-bond acceptors (Lipinski definition) is 0. The molecule has 0 fully saturated rings. The summed E-state index contributed by atoms with van der Waals surface area (Å²) < 4.78 is 111. The van der Waals surface area contributed by atoms with Gasteiger partial charge in [0.1, 0.15) is 5.56 Å². The van der Waals surface area contributed by atoms with Crippen LogP contribution in [0.4, 0.5) is 39.5 Å². The van der Waals surface area contributed by atoms with E-state index in [-0.39, 0.29) is 0 Å². The molecule has 0 saturated carbocycles. The molecule has 0 aliphatic heterocycles. The van der Waals surface area contributed by atoms with Gasteiger partial charge in [0, 0.05) is 0 Å². The third kappa shape index (κ3) is 2.05. The van der Waals surface area contributed by atoms with Crippen LogP contribution in [0.3, 0.4) is 0 Å². The lowest BCUT2D eigenvalue weighted by molar-refractivity contribution is -0.291. The molecule has 0 spiro atoms. The minimum atomic E-state index is -6.39. The van der Waals surface area contributed by atoms with Gasteiger partial charge in [-0.3, -0.25) is 0 Å². The molecule has 0 aliphatic rings. The van der Waals surface area contributed by atoms with Crippen LogP contribution in [0, 0.1) is 29.3 Å². The summed E-state index contributed by atoms with van der Waals surface area (Å²) in [7, 11) is 0. The maximum absolute atomic E-state index is 12.7. The average Bonchev–Trinajstić information content (AvgIpc) is 2.13. The largest absolute Gasteiger partial charge is 0.458 e. The van der Waals surface area contributed by atoms with Gasteiger partial charge in [0.2, 0.25) is 0 Å². The third-order valence-corrected chi connectivity index (χ3v) is 1.71. The number of halogens is 9. The van der Waals surface area contributed by atoms with Crippen molar-refractivity contribution in [3.63, 3.8) is 0 Å². The second-order valence-electron chi connectivity index (χ2n) is 2.83. The smallest absolute Gasteiger partial charge is 0.203 e. The Kier molecular flexibility index (Phi) is 3.06. The Balaban J connectivity index is 3.62. The predicted octanol–water partition coefficient (Wildman–Crippen LogP) is 3.70. The van der Waals surface area contributed by atoms with Crippen molar-refractivity contribution in [1.82, 2.24) is 0 Å². The fraction of sp³-hybridized carbons (Fsp3) is 0.250. The Morgan fingerprint density at radius 2 is 1.06 bits per heavy atom. The lowest BCUT2D eigenvalue weighted by atomic mass is 10.1. The Bertz CT molecular complexity index is 419. The minimum Gasteiger partial charge on any atom is -0.203 e. The van der Waals surface area contributed by atoms with Crippen LogP contribution in [0.25, 0.3) is 0 Å². The van der Waals surface area contributed by atoms with E-state index in [4.69, 9.17) is 0 Å². The second kappa shape index (κ2) is 3.81. The fourth-order valence-electron chi connectivity index (χ4n) is 0.939. The lowest BCUT2D eigenvalue weighted by Gasteiger charge is -2.20. The lowest BCUT2D eigenvalue weighted by Crippen LogP contribution is -2.36. The van der Waals surface area contributed by atoms with Gasteiger partial charge in [-0.1, -0.05) is 0 Å². The first kappa shape index (κ1) is 13.7. The summed E-state index contributed by atoms with van der Waals surface area (Å²) in [4.78, 5) is 0. The van der Waals surface area contributed by atoms with Crippen molar-refractivity contribution < 1.29 is 39.5 Å². The van der Waals surface area contributed by atoms with Crippen LogP contribution in [0.15, 0.2) is 0 Å². The van der Waals surface area contributed by atoms with Crippen molar-refractivity contribution in [1.29, 1.82) is 0 Å². The van der Waals surface area contributed by atoms with E-state index in [1.54, 1.807) is 0 Å². The first-order valence-corrected chi connectivity index (χ1v) is 3.70. The molecule has 0 aliphatic carbocycles. The topological polar surface area (TPSA) is 0 Å². The summed E-state index contributed by atoms with van der Waals surface area (Å²) in [5.41, 5.74) is -3.03. The molecule has 0 saturated heterocycles. The quantitative estimate of drug-likeness (QED) is 0.537. The molecule has 0 N–H and O–H groups in total. The summed E-state index contributed by atoms with van der Waals surface area (Å²) in [5, 5.41) is 0. The van der Waals surface area contributed by atoms with Crippen LogP contribution in [-0.2, 0) is 5.92 Å². The van der Waals surface area contributed by atoms with Crippen LogP contribution in [-0.4, -0.2) is 6.18 Å². The third-order valence-electron chi connectivity index (χ3n) is 1.71. The molecule has 0 atom stereocenters. The number of hydrogen-bond donors (Lipinski definition) is 0. The van der Waals surface area contributed by atoms with Crippen LogP contribution in [0.2, 0.25) is 0 Å². The van der Waals surface area contributed by atoms with Crippen molar-refractivity contribution in [3.8, 4) is 0 Å². The van der Waals surface area contributed by atoms with Gasteiger partial charge in [-0.05, 0) is 0 Å². The van der Waals surface area contributed by atoms with Gasteiger partial charge in [-0.2, -0.15) is 22.0 Å². The van der Waals surface area contributed by atoms with Gasteiger partial charge in [-0.25, -0.2) is 17.6 Å². The molecule has 1 radical (unpaired) electrons. The highest BCUT2D eigenvalue weighted by atomic mass is 19.4. The highest BCUT2D eigenvalue weighted by Crippen LogP contribution is 2.46. The van der Waals surface area contributed by atoms with Crippen LogP contribution in [0.1, 0.15) is 5.56 Å². The summed E-state index contributed by atoms with van der Waals surface area (Å²) >= 11 is 0. The number of rotatable bonds is 1. The highest BCUT2D eigenvalue weighted by molar-refractivity contribution is 5.27. The molecular formula is C8F9. The molecule has 0 bridgehead atoms. The Morgan fingerprint density at radius 1 is 0.706 bits per heavy atom. The molecule has 0 aromatic heterocycles. The monoisotopic (exact) mass is 267 g/mol. The molecule has 0 unspecified atom stereocenters. The molecule has 17 heavy (non-hydrogen) atoms. The van der Waals surface area contributed by atoms with Gasteiger partial charge < -0.3 is 0 Å². The molecule has 0 amide bonds. The standard InChI is InChI=1S/C8F9/c9-2-1-3(10)6(12)4(5(2)11)7(13,14)8(15,16)17. The van der Waals surface area contributed by atoms with Crippen LogP contribution >= 0.6 is 0 Å². The van der Waals surface area contributed by atoms with Crippen molar-refractivity contribution in [2.75, 3.05) is 0 Å². The molecule has 9 heteroatoms. The van der Waals surface area contributed by atoms with E-state index in [1.807, 2.05) is 0 Å². The summed E-state index contributed by atoms with van der Waals surface area (Å²) in [6.07, 6.45) is -6.39. The van der Waals surface area contributed by atoms with Gasteiger partial charge in [-0.15, -0.1) is 0 Å². The second-order valence-corrected chi connectivity index (χ2v) is 2.83. The molecular weight excluding hydrogens is 267 g/mol. The van der Waals surface area contributed by atoms with Gasteiger partial charge >= 0.3 is 12.1 Å². The normalized spacial score (nSPS) is 13.0. The summed E-state index contributed by atoms with van der Waals surface area (Å²) in [6.45, 7) is 0. The van der Waals surface area contributed by atoms with E-state index in [2.05, 4.69) is 0 Å². The van der Waals surface area contributed by atoms with E-state index in [9.17, 15) is 39.5 Å². The van der Waals surface area contributed by atoms with Crippen LogP contribution in [0.5, 0.6) is 0 Å². The molecule has 1 rings (SSSR count). The first-order valence-electron chi connectivity index (χ1n) is 3.70. The highest BCUT2D eigenvalue weighted by Gasteiger charge is 2.62. The Hall–Kier alpha value is -1.41. The summed E-state index contributed by atoms with van der Waals surface area (Å²) in [5.74, 6) is -16.7. The zero-order chi connectivity index (χ0) is 13.6. The van der Waals surface area contributed by atoms with E-state index < -0.39 is 40.9 Å². The maximum atomic E-state index is 12.7. The predicted molar refractivity (Wildman–Crippen MR) is 35.1 cm³/mol. The summed E-state index contributed by atoms with van der Waals surface area (Å²) in [6, 6.07) is 0.687. The molecule has 0 nitrogen and oxygen atoms in total. The Labute approximate surface area is 87.7 Å². The minimum absolute atomic E-state index is 0.687. The number of benzene rings is 1. The average molecular weight is 267 g/mol.